The van der Waals surface area contributed by atoms with E-state index in [1.54, 1.807) is 17.0 Å². The number of hydrogen-bond donors (Lipinski definition) is 1. The molecule has 1 aliphatic heterocycles. The Hall–Kier alpha value is -3.03. The van der Waals surface area contributed by atoms with Crippen molar-refractivity contribution in [1.29, 1.82) is 0 Å². The first-order valence-electron chi connectivity index (χ1n) is 10.9. The summed E-state index contributed by atoms with van der Waals surface area (Å²) < 4.78 is 34.8. The molecule has 1 N–H and O–H groups in total. The van der Waals surface area contributed by atoms with Crippen molar-refractivity contribution < 1.29 is 18.8 Å². The first kappa shape index (κ1) is 24.1. The molecule has 3 aromatic rings. The van der Waals surface area contributed by atoms with Crippen LogP contribution in [0, 0.1) is 6.92 Å². The summed E-state index contributed by atoms with van der Waals surface area (Å²) >= 11 is -1.56. The fourth-order valence-corrected chi connectivity index (χ4v) is 4.62. The third kappa shape index (κ3) is 4.76. The van der Waals surface area contributed by atoms with E-state index in [2.05, 4.69) is 34.9 Å². The van der Waals surface area contributed by atoms with Crippen LogP contribution in [0.3, 0.4) is 0 Å². The van der Waals surface area contributed by atoms with E-state index in [1.165, 1.54) is 20.5 Å². The summed E-state index contributed by atoms with van der Waals surface area (Å²) in [6, 6.07) is 0. The Labute approximate surface area is 200 Å². The van der Waals surface area contributed by atoms with Crippen LogP contribution in [0.25, 0.3) is 5.69 Å². The van der Waals surface area contributed by atoms with E-state index in [1.807, 2.05) is 20.8 Å². The molecule has 4 rings (SSSR count). The predicted molar refractivity (Wildman–Crippen MR) is 124 cm³/mol. The first-order chi connectivity index (χ1) is 16.4. The molecule has 1 aliphatic rings. The first-order valence-corrected chi connectivity index (χ1v) is 12.1. The molecule has 0 bridgehead atoms. The minimum atomic E-state index is -1.56. The van der Waals surface area contributed by atoms with Crippen LogP contribution >= 0.6 is 0 Å². The van der Waals surface area contributed by atoms with Crippen LogP contribution in [0.15, 0.2) is 18.7 Å². The van der Waals surface area contributed by atoms with E-state index < -0.39 is 11.4 Å². The highest BCUT2D eigenvalue weighted by atomic mass is 32.2. The molecule has 0 saturated carbocycles. The van der Waals surface area contributed by atoms with Crippen molar-refractivity contribution in [3.05, 3.63) is 35.9 Å². The van der Waals surface area contributed by atoms with E-state index in [0.717, 1.165) is 18.4 Å². The van der Waals surface area contributed by atoms with Gasteiger partial charge >= 0.3 is 0 Å². The number of anilines is 1. The maximum Gasteiger partial charge on any atom is 0.271 e. The molecule has 0 spiro atoms. The van der Waals surface area contributed by atoms with E-state index in [9.17, 15) is 4.55 Å². The summed E-state index contributed by atoms with van der Waals surface area (Å²) in [5.74, 6) is 1.72. The zero-order valence-electron chi connectivity index (χ0n) is 19.8. The molecule has 34 heavy (non-hydrogen) atoms. The molecule has 4 unspecified atom stereocenters. The van der Waals surface area contributed by atoms with Gasteiger partial charge in [0.15, 0.2) is 11.5 Å². The zero-order chi connectivity index (χ0) is 24.2. The molecular weight excluding hydrogens is 460 g/mol. The topological polar surface area (TPSA) is 145 Å². The second-order valence-electron chi connectivity index (χ2n) is 7.97. The van der Waals surface area contributed by atoms with Crippen molar-refractivity contribution in [2.24, 2.45) is 0 Å². The Morgan fingerprint density at radius 1 is 1.12 bits per heavy atom. The van der Waals surface area contributed by atoms with Gasteiger partial charge in [-0.1, -0.05) is 6.92 Å². The molecule has 0 amide bonds. The molecule has 0 aromatic carbocycles. The molecule has 1 saturated heterocycles. The monoisotopic (exact) mass is 488 g/mol. The fourth-order valence-electron chi connectivity index (χ4n) is 3.63. The standard InChI is InChI=1S/C21H28N8O4S/c1-12-9-22-17(23-10-12)13(2)14(3)34(30)28-21-27-26-18(15-7-6-8-33-15)29(21)16-19(31-4)24-11-25-20(16)32-5/h9-11,13-15H,6-8H2,1-5H3,(H,27,28). The number of hydrogen-bond acceptors (Lipinski definition) is 11. The highest BCUT2D eigenvalue weighted by Crippen LogP contribution is 2.37. The van der Waals surface area contributed by atoms with Gasteiger partial charge in [0.1, 0.15) is 23.5 Å². The summed E-state index contributed by atoms with van der Waals surface area (Å²) in [7, 11) is 3.00. The summed E-state index contributed by atoms with van der Waals surface area (Å²) in [6.45, 7) is 6.35. The predicted octanol–water partition coefficient (Wildman–Crippen LogP) is 2.29. The number of ether oxygens (including phenoxy) is 3. The van der Waals surface area contributed by atoms with Crippen molar-refractivity contribution >= 4 is 17.3 Å². The summed E-state index contributed by atoms with van der Waals surface area (Å²) in [5.41, 5.74) is 1.36. The minimum absolute atomic E-state index is 0.174. The maximum absolute atomic E-state index is 13.4. The van der Waals surface area contributed by atoms with Gasteiger partial charge in [0.2, 0.25) is 11.8 Å². The molecule has 1 fully saturated rings. The van der Waals surface area contributed by atoms with Gasteiger partial charge in [-0.3, -0.25) is 0 Å². The zero-order valence-corrected chi connectivity index (χ0v) is 20.6. The molecule has 3 aromatic heterocycles. The van der Waals surface area contributed by atoms with Gasteiger partial charge in [-0.25, -0.2) is 14.5 Å². The number of methoxy groups -OCH3 is 2. The van der Waals surface area contributed by atoms with Gasteiger partial charge in [0.05, 0.1) is 31.5 Å². The smallest absolute Gasteiger partial charge is 0.271 e. The second kappa shape index (κ2) is 10.5. The fraction of sp³-hybridized carbons (Fsp3) is 0.524. The van der Waals surface area contributed by atoms with E-state index in [-0.39, 0.29) is 35.0 Å². The Balaban J connectivity index is 1.69. The maximum atomic E-state index is 13.4. The van der Waals surface area contributed by atoms with Gasteiger partial charge in [0, 0.05) is 19.0 Å². The van der Waals surface area contributed by atoms with Crippen LogP contribution < -0.4 is 14.2 Å². The summed E-state index contributed by atoms with van der Waals surface area (Å²) in [4.78, 5) is 17.2. The molecule has 0 aliphatic carbocycles. The van der Waals surface area contributed by atoms with Crippen LogP contribution in [-0.4, -0.2) is 65.3 Å². The largest absolute Gasteiger partial charge is 0.593 e. The third-order valence-corrected chi connectivity index (χ3v) is 7.18. The molecular formula is C21H28N8O4S. The van der Waals surface area contributed by atoms with Gasteiger partial charge in [-0.05, 0) is 32.3 Å². The van der Waals surface area contributed by atoms with Crippen LogP contribution in [0.1, 0.15) is 55.9 Å². The van der Waals surface area contributed by atoms with Crippen LogP contribution in [0.5, 0.6) is 11.8 Å². The van der Waals surface area contributed by atoms with Gasteiger partial charge < -0.3 is 18.8 Å². The minimum Gasteiger partial charge on any atom is -0.593 e. The van der Waals surface area contributed by atoms with Crippen molar-refractivity contribution in [2.45, 2.75) is 50.9 Å². The number of nitrogens with zero attached hydrogens (tertiary/aromatic N) is 7. The van der Waals surface area contributed by atoms with E-state index in [0.29, 0.717) is 23.9 Å². The molecule has 182 valence electrons. The molecule has 4 heterocycles. The van der Waals surface area contributed by atoms with Gasteiger partial charge in [0.25, 0.3) is 5.95 Å². The van der Waals surface area contributed by atoms with Crippen molar-refractivity contribution in [3.8, 4) is 17.4 Å². The average molecular weight is 489 g/mol. The lowest BCUT2D eigenvalue weighted by molar-refractivity contribution is 0.103. The Kier molecular flexibility index (Phi) is 7.44. The van der Waals surface area contributed by atoms with Crippen LogP contribution in [0.2, 0.25) is 0 Å². The van der Waals surface area contributed by atoms with Crippen molar-refractivity contribution in [1.82, 2.24) is 34.7 Å². The van der Waals surface area contributed by atoms with Crippen LogP contribution in [0.4, 0.5) is 5.95 Å². The lowest BCUT2D eigenvalue weighted by Gasteiger charge is -2.23. The van der Waals surface area contributed by atoms with Crippen LogP contribution in [-0.2, 0) is 16.1 Å². The number of nitrogens with one attached hydrogen (secondary N) is 1. The summed E-state index contributed by atoms with van der Waals surface area (Å²) in [5, 5.41) is 8.30. The van der Waals surface area contributed by atoms with E-state index >= 15 is 0 Å². The quantitative estimate of drug-likeness (QED) is 0.443. The Bertz CT molecular complexity index is 1080. The molecule has 12 nitrogen and oxygen atoms in total. The Morgan fingerprint density at radius 2 is 1.79 bits per heavy atom. The number of aryl methyl sites for hydroxylation is 1. The van der Waals surface area contributed by atoms with Crippen molar-refractivity contribution in [3.63, 3.8) is 0 Å². The molecule has 13 heteroatoms. The molecule has 0 radical (unpaired) electrons. The Morgan fingerprint density at radius 3 is 2.38 bits per heavy atom. The number of aromatic nitrogens is 7. The average Bonchev–Trinajstić information content (AvgIpc) is 3.53. The molecule has 4 atom stereocenters. The summed E-state index contributed by atoms with van der Waals surface area (Å²) in [6.07, 6.45) is 6.23. The highest BCUT2D eigenvalue weighted by molar-refractivity contribution is 7.93. The lowest BCUT2D eigenvalue weighted by Crippen LogP contribution is -2.31. The second-order valence-corrected chi connectivity index (χ2v) is 9.51. The highest BCUT2D eigenvalue weighted by Gasteiger charge is 2.34. The SMILES string of the molecule is COc1ncnc(OC)c1-n1c(N[S+]([O-])C(C)C(C)c2ncc(C)cn2)nnc1C1CCCO1. The number of rotatable bonds is 9. The lowest BCUT2D eigenvalue weighted by atomic mass is 10.1. The van der Waals surface area contributed by atoms with Crippen molar-refractivity contribution in [2.75, 3.05) is 25.5 Å². The van der Waals surface area contributed by atoms with Gasteiger partial charge in [-0.2, -0.15) is 14.7 Å². The van der Waals surface area contributed by atoms with E-state index in [4.69, 9.17) is 14.2 Å². The third-order valence-electron chi connectivity index (χ3n) is 5.71. The van der Waals surface area contributed by atoms with Gasteiger partial charge in [-0.15, -0.1) is 10.2 Å². The normalized spacial score (nSPS) is 18.4.